The molecule has 7 nitrogen and oxygen atoms in total. The third-order valence-electron chi connectivity index (χ3n) is 3.41. The second-order valence-electron chi connectivity index (χ2n) is 5.06. The van der Waals surface area contributed by atoms with E-state index in [1.54, 1.807) is 0 Å². The van der Waals surface area contributed by atoms with Crippen molar-refractivity contribution in [1.82, 2.24) is 4.72 Å². The zero-order chi connectivity index (χ0) is 14.9. The summed E-state index contributed by atoms with van der Waals surface area (Å²) < 4.78 is 26.6. The first-order valence-electron chi connectivity index (χ1n) is 6.31. The normalized spacial score (nSPS) is 16.1. The maximum Gasteiger partial charge on any atom is 0.272 e. The molecule has 1 aromatic carbocycles. The van der Waals surface area contributed by atoms with Gasteiger partial charge in [-0.05, 0) is 37.8 Å². The predicted molar refractivity (Wildman–Crippen MR) is 81.0 cm³/mol. The summed E-state index contributed by atoms with van der Waals surface area (Å²) in [5, 5.41) is 10.7. The molecule has 0 spiro atoms. The van der Waals surface area contributed by atoms with Crippen molar-refractivity contribution >= 4 is 28.1 Å². The van der Waals surface area contributed by atoms with Crippen LogP contribution in [0.25, 0.3) is 0 Å². The van der Waals surface area contributed by atoms with Crippen LogP contribution in [0.5, 0.6) is 0 Å². The SMILES string of the molecule is Cc1cc(S(=O)(=O)NCC(N)C2CC2)ccc1[N+](=O)[O-].Cl. The van der Waals surface area contributed by atoms with Gasteiger partial charge in [0.15, 0.2) is 0 Å². The van der Waals surface area contributed by atoms with Crippen molar-refractivity contribution in [3.63, 3.8) is 0 Å². The number of nitro groups is 1. The van der Waals surface area contributed by atoms with E-state index in [1.165, 1.54) is 25.1 Å². The van der Waals surface area contributed by atoms with E-state index in [9.17, 15) is 18.5 Å². The molecule has 21 heavy (non-hydrogen) atoms. The Kier molecular flexibility index (Phi) is 5.68. The summed E-state index contributed by atoms with van der Waals surface area (Å²) in [6, 6.07) is 3.55. The minimum atomic E-state index is -3.68. The molecule has 1 unspecified atom stereocenters. The van der Waals surface area contributed by atoms with Crippen LogP contribution in [-0.2, 0) is 10.0 Å². The molecule has 9 heteroatoms. The number of nitrogens with one attached hydrogen (secondary N) is 1. The largest absolute Gasteiger partial charge is 0.326 e. The van der Waals surface area contributed by atoms with Crippen molar-refractivity contribution in [2.45, 2.75) is 30.7 Å². The van der Waals surface area contributed by atoms with Gasteiger partial charge in [0.05, 0.1) is 9.82 Å². The lowest BCUT2D eigenvalue weighted by molar-refractivity contribution is -0.385. The standard InChI is InChI=1S/C12H17N3O4S.ClH/c1-8-6-10(4-5-12(8)15(16)17)20(18,19)14-7-11(13)9-2-3-9;/h4-6,9,11,14H,2-3,7,13H2,1H3;1H. The number of benzene rings is 1. The molecule has 0 heterocycles. The molecule has 1 aliphatic rings. The molecular weight excluding hydrogens is 318 g/mol. The lowest BCUT2D eigenvalue weighted by Crippen LogP contribution is -2.38. The van der Waals surface area contributed by atoms with Crippen molar-refractivity contribution in [3.05, 3.63) is 33.9 Å². The topological polar surface area (TPSA) is 115 Å². The van der Waals surface area contributed by atoms with E-state index in [0.717, 1.165) is 12.8 Å². The summed E-state index contributed by atoms with van der Waals surface area (Å²) >= 11 is 0. The van der Waals surface area contributed by atoms with Gasteiger partial charge in [-0.3, -0.25) is 10.1 Å². The van der Waals surface area contributed by atoms with Crippen LogP contribution in [0, 0.1) is 23.0 Å². The minimum absolute atomic E-state index is 0. The van der Waals surface area contributed by atoms with Gasteiger partial charge in [0.25, 0.3) is 5.69 Å². The van der Waals surface area contributed by atoms with E-state index in [-0.39, 0.29) is 35.6 Å². The molecule has 0 amide bonds. The van der Waals surface area contributed by atoms with Gasteiger partial charge >= 0.3 is 0 Å². The second kappa shape index (κ2) is 6.69. The molecule has 1 atom stereocenters. The van der Waals surface area contributed by atoms with Gasteiger partial charge in [-0.1, -0.05) is 0 Å². The summed E-state index contributed by atoms with van der Waals surface area (Å²) in [6.45, 7) is 1.69. The van der Waals surface area contributed by atoms with Crippen LogP contribution in [0.1, 0.15) is 18.4 Å². The van der Waals surface area contributed by atoms with Crippen molar-refractivity contribution in [1.29, 1.82) is 0 Å². The Morgan fingerprint density at radius 1 is 1.48 bits per heavy atom. The second-order valence-corrected chi connectivity index (χ2v) is 6.83. The molecule has 0 saturated heterocycles. The van der Waals surface area contributed by atoms with E-state index in [4.69, 9.17) is 5.73 Å². The van der Waals surface area contributed by atoms with Crippen LogP contribution >= 0.6 is 12.4 Å². The van der Waals surface area contributed by atoms with Crippen LogP contribution in [0.2, 0.25) is 0 Å². The van der Waals surface area contributed by atoms with Gasteiger partial charge < -0.3 is 5.73 Å². The molecule has 1 saturated carbocycles. The maximum atomic E-state index is 12.1. The molecule has 3 N–H and O–H groups in total. The van der Waals surface area contributed by atoms with E-state index < -0.39 is 14.9 Å². The van der Waals surface area contributed by atoms with Gasteiger partial charge in [0.2, 0.25) is 10.0 Å². The molecule has 2 rings (SSSR count). The zero-order valence-corrected chi connectivity index (χ0v) is 13.1. The highest BCUT2D eigenvalue weighted by Gasteiger charge is 2.29. The molecule has 0 aliphatic heterocycles. The van der Waals surface area contributed by atoms with Crippen molar-refractivity contribution < 1.29 is 13.3 Å². The van der Waals surface area contributed by atoms with Crippen molar-refractivity contribution in [2.24, 2.45) is 11.7 Å². The summed E-state index contributed by atoms with van der Waals surface area (Å²) in [5.74, 6) is 0.399. The minimum Gasteiger partial charge on any atom is -0.326 e. The Labute approximate surface area is 129 Å². The monoisotopic (exact) mass is 335 g/mol. The molecule has 1 aliphatic carbocycles. The highest BCUT2D eigenvalue weighted by atomic mass is 35.5. The number of rotatable bonds is 6. The maximum absolute atomic E-state index is 12.1. The van der Waals surface area contributed by atoms with Crippen LogP contribution in [0.3, 0.4) is 0 Å². The number of hydrogen-bond donors (Lipinski definition) is 2. The first kappa shape index (κ1) is 17.8. The highest BCUT2D eigenvalue weighted by Crippen LogP contribution is 2.31. The third-order valence-corrected chi connectivity index (χ3v) is 4.83. The van der Waals surface area contributed by atoms with E-state index in [0.29, 0.717) is 11.5 Å². The number of halogens is 1. The lowest BCUT2D eigenvalue weighted by atomic mass is 10.2. The number of nitrogens with zero attached hydrogens (tertiary/aromatic N) is 1. The first-order valence-corrected chi connectivity index (χ1v) is 7.80. The highest BCUT2D eigenvalue weighted by molar-refractivity contribution is 7.89. The molecular formula is C12H18ClN3O4S. The number of nitrogens with two attached hydrogens (primary N) is 1. The number of nitro benzene ring substituents is 1. The Balaban J connectivity index is 0.00000220. The lowest BCUT2D eigenvalue weighted by Gasteiger charge is -2.12. The fourth-order valence-electron chi connectivity index (χ4n) is 1.98. The van der Waals surface area contributed by atoms with E-state index >= 15 is 0 Å². The number of hydrogen-bond acceptors (Lipinski definition) is 5. The quantitative estimate of drug-likeness (QED) is 0.601. The molecule has 1 aromatic rings. The zero-order valence-electron chi connectivity index (χ0n) is 11.5. The van der Waals surface area contributed by atoms with Gasteiger partial charge in [0.1, 0.15) is 0 Å². The van der Waals surface area contributed by atoms with Crippen LogP contribution in [0.15, 0.2) is 23.1 Å². The fourth-order valence-corrected chi connectivity index (χ4v) is 3.14. The van der Waals surface area contributed by atoms with Crippen LogP contribution < -0.4 is 10.5 Å². The average Bonchev–Trinajstić information content (AvgIpc) is 3.19. The molecule has 118 valence electrons. The smallest absolute Gasteiger partial charge is 0.272 e. The Morgan fingerprint density at radius 3 is 2.57 bits per heavy atom. The summed E-state index contributed by atoms with van der Waals surface area (Å²) in [4.78, 5) is 10.2. The summed E-state index contributed by atoms with van der Waals surface area (Å²) in [6.07, 6.45) is 2.08. The van der Waals surface area contributed by atoms with Crippen LogP contribution in [0.4, 0.5) is 5.69 Å². The Bertz CT molecular complexity index is 631. The van der Waals surface area contributed by atoms with Gasteiger partial charge in [0, 0.05) is 24.2 Å². The third kappa shape index (κ3) is 4.37. The van der Waals surface area contributed by atoms with Gasteiger partial charge in [-0.15, -0.1) is 12.4 Å². The fraction of sp³-hybridized carbons (Fsp3) is 0.500. The number of aryl methyl sites for hydroxylation is 1. The predicted octanol–water partition coefficient (Wildman–Crippen LogP) is 1.34. The molecule has 0 bridgehead atoms. The van der Waals surface area contributed by atoms with E-state index in [2.05, 4.69) is 4.72 Å². The number of sulfonamides is 1. The molecule has 0 aromatic heterocycles. The molecule has 1 fully saturated rings. The Morgan fingerprint density at radius 2 is 2.10 bits per heavy atom. The summed E-state index contributed by atoms with van der Waals surface area (Å²) in [7, 11) is -3.68. The van der Waals surface area contributed by atoms with Crippen LogP contribution in [-0.4, -0.2) is 25.9 Å². The summed E-state index contributed by atoms with van der Waals surface area (Å²) in [5.41, 5.74) is 6.05. The van der Waals surface area contributed by atoms with E-state index in [1.807, 2.05) is 0 Å². The Hall–Kier alpha value is -1.22. The van der Waals surface area contributed by atoms with Crippen molar-refractivity contribution in [2.75, 3.05) is 6.54 Å². The average molecular weight is 336 g/mol. The van der Waals surface area contributed by atoms with Gasteiger partial charge in [-0.25, -0.2) is 13.1 Å². The van der Waals surface area contributed by atoms with Crippen molar-refractivity contribution in [3.8, 4) is 0 Å². The van der Waals surface area contributed by atoms with Gasteiger partial charge in [-0.2, -0.15) is 0 Å². The first-order chi connectivity index (χ1) is 9.31. The molecule has 0 radical (unpaired) electrons.